The van der Waals surface area contributed by atoms with Crippen LogP contribution in [0.25, 0.3) is 0 Å². The van der Waals surface area contributed by atoms with Crippen molar-refractivity contribution in [2.45, 2.75) is 38.8 Å². The molecule has 1 aromatic heterocycles. The topological polar surface area (TPSA) is 84.2 Å². The van der Waals surface area contributed by atoms with Crippen molar-refractivity contribution in [2.75, 3.05) is 0 Å². The molecule has 1 aromatic carbocycles. The lowest BCUT2D eigenvalue weighted by molar-refractivity contribution is -0.145. The van der Waals surface area contributed by atoms with Crippen molar-refractivity contribution in [3.8, 4) is 0 Å². The number of rotatable bonds is 7. The number of carboxylic acid groups (broad SMARTS) is 1. The first-order valence-corrected chi connectivity index (χ1v) is 7.67. The van der Waals surface area contributed by atoms with Crippen molar-refractivity contribution in [1.29, 1.82) is 0 Å². The van der Waals surface area contributed by atoms with Gasteiger partial charge in [0.1, 0.15) is 0 Å². The number of aryl methyl sites for hydroxylation is 1. The summed E-state index contributed by atoms with van der Waals surface area (Å²) >= 11 is 0. The maximum Gasteiger partial charge on any atom is 0.334 e. The minimum Gasteiger partial charge on any atom is -0.479 e. The summed E-state index contributed by atoms with van der Waals surface area (Å²) in [7, 11) is 0. The van der Waals surface area contributed by atoms with E-state index < -0.39 is 17.4 Å². The normalized spacial score (nSPS) is 13.3. The highest BCUT2D eigenvalue weighted by Crippen LogP contribution is 2.26. The molecule has 0 aliphatic carbocycles. The van der Waals surface area contributed by atoms with E-state index >= 15 is 0 Å². The summed E-state index contributed by atoms with van der Waals surface area (Å²) < 4.78 is 1.67. The van der Waals surface area contributed by atoms with Crippen LogP contribution in [-0.2, 0) is 16.9 Å². The summed E-state index contributed by atoms with van der Waals surface area (Å²) in [6.45, 7) is 4.47. The highest BCUT2D eigenvalue weighted by Gasteiger charge is 2.40. The average Bonchev–Trinajstić information content (AvgIpc) is 3.02. The number of carboxylic acids is 1. The van der Waals surface area contributed by atoms with E-state index in [0.29, 0.717) is 17.7 Å². The smallest absolute Gasteiger partial charge is 0.334 e. The van der Waals surface area contributed by atoms with Gasteiger partial charge in [-0.1, -0.05) is 44.2 Å². The first kappa shape index (κ1) is 16.7. The third-order valence-electron chi connectivity index (χ3n) is 3.84. The average molecular weight is 315 g/mol. The molecule has 0 radical (unpaired) electrons. The molecule has 23 heavy (non-hydrogen) atoms. The molecule has 2 rings (SSSR count). The minimum absolute atomic E-state index is 0.237. The van der Waals surface area contributed by atoms with Crippen LogP contribution in [0.1, 0.15) is 42.6 Å². The van der Waals surface area contributed by atoms with Gasteiger partial charge >= 0.3 is 5.97 Å². The molecule has 0 aliphatic heterocycles. The molecular formula is C17H21N3O3. The summed E-state index contributed by atoms with van der Waals surface area (Å²) in [5.74, 6) is -1.53. The van der Waals surface area contributed by atoms with Crippen LogP contribution in [0.5, 0.6) is 0 Å². The summed E-state index contributed by atoms with van der Waals surface area (Å²) in [4.78, 5) is 24.4. The van der Waals surface area contributed by atoms with Gasteiger partial charge in [-0.25, -0.2) is 4.79 Å². The molecule has 6 heteroatoms. The van der Waals surface area contributed by atoms with Crippen molar-refractivity contribution in [3.05, 3.63) is 53.9 Å². The van der Waals surface area contributed by atoms with Gasteiger partial charge in [-0.05, 0) is 18.4 Å². The molecule has 122 valence electrons. The number of carbonyl (C=O) groups is 2. The molecule has 1 atom stereocenters. The van der Waals surface area contributed by atoms with Gasteiger partial charge in [-0.2, -0.15) is 5.10 Å². The fraction of sp³-hybridized carbons (Fsp3) is 0.353. The molecular weight excluding hydrogens is 294 g/mol. The van der Waals surface area contributed by atoms with Crippen molar-refractivity contribution < 1.29 is 14.7 Å². The molecule has 1 unspecified atom stereocenters. The highest BCUT2D eigenvalue weighted by molar-refractivity contribution is 5.97. The van der Waals surface area contributed by atoms with E-state index in [-0.39, 0.29) is 6.42 Å². The Kier molecular flexibility index (Phi) is 5.16. The zero-order valence-electron chi connectivity index (χ0n) is 13.3. The molecule has 0 saturated heterocycles. The van der Waals surface area contributed by atoms with Crippen LogP contribution < -0.4 is 5.32 Å². The number of nitrogens with one attached hydrogen (secondary N) is 1. The van der Waals surface area contributed by atoms with E-state index in [2.05, 4.69) is 10.4 Å². The van der Waals surface area contributed by atoms with Crippen LogP contribution in [0, 0.1) is 0 Å². The molecule has 0 bridgehead atoms. The Morgan fingerprint density at radius 2 is 1.96 bits per heavy atom. The summed E-state index contributed by atoms with van der Waals surface area (Å²) in [6, 6.07) is 8.74. The molecule has 1 amide bonds. The lowest BCUT2D eigenvalue weighted by Crippen LogP contribution is -2.51. The third kappa shape index (κ3) is 3.41. The Hall–Kier alpha value is -2.63. The van der Waals surface area contributed by atoms with Gasteiger partial charge < -0.3 is 10.4 Å². The zero-order valence-corrected chi connectivity index (χ0v) is 13.3. The van der Waals surface area contributed by atoms with Crippen molar-refractivity contribution in [2.24, 2.45) is 0 Å². The molecule has 2 aromatic rings. The van der Waals surface area contributed by atoms with E-state index in [1.807, 2.05) is 13.0 Å². The Bertz CT molecular complexity index is 681. The van der Waals surface area contributed by atoms with Gasteiger partial charge in [-0.15, -0.1) is 0 Å². The molecule has 2 N–H and O–H groups in total. The van der Waals surface area contributed by atoms with Gasteiger partial charge in [0.05, 0.1) is 11.8 Å². The minimum atomic E-state index is -1.45. The fourth-order valence-electron chi connectivity index (χ4n) is 2.51. The third-order valence-corrected chi connectivity index (χ3v) is 3.84. The number of benzene rings is 1. The Labute approximate surface area is 135 Å². The van der Waals surface area contributed by atoms with Crippen molar-refractivity contribution in [1.82, 2.24) is 15.1 Å². The van der Waals surface area contributed by atoms with Crippen LogP contribution in [-0.4, -0.2) is 26.8 Å². The van der Waals surface area contributed by atoms with E-state index in [4.69, 9.17) is 0 Å². The monoisotopic (exact) mass is 315 g/mol. The standard InChI is InChI=1S/C17H21N3O3/c1-3-10-20-12-13(11-18-20)15(21)19-17(4-2,16(22)23)14-8-6-5-7-9-14/h5-9,11-12H,3-4,10H2,1-2H3,(H,19,21)(H,22,23). The molecule has 0 spiro atoms. The molecule has 0 aliphatic rings. The SMILES string of the molecule is CCCn1cc(C(=O)NC(CC)(C(=O)O)c2ccccc2)cn1. The van der Waals surface area contributed by atoms with Crippen molar-refractivity contribution in [3.63, 3.8) is 0 Å². The van der Waals surface area contributed by atoms with E-state index in [0.717, 1.165) is 6.42 Å². The number of carbonyl (C=O) groups excluding carboxylic acids is 1. The van der Waals surface area contributed by atoms with E-state index in [1.54, 1.807) is 42.1 Å². The Morgan fingerprint density at radius 1 is 1.26 bits per heavy atom. The van der Waals surface area contributed by atoms with Gasteiger partial charge in [0.25, 0.3) is 5.91 Å². The van der Waals surface area contributed by atoms with Crippen LogP contribution in [0.4, 0.5) is 0 Å². The number of amides is 1. The summed E-state index contributed by atoms with van der Waals surface area (Å²) in [6.07, 6.45) is 4.23. The quantitative estimate of drug-likeness (QED) is 0.822. The van der Waals surface area contributed by atoms with Crippen LogP contribution >= 0.6 is 0 Å². The lowest BCUT2D eigenvalue weighted by Gasteiger charge is -2.29. The molecule has 6 nitrogen and oxygen atoms in total. The predicted octanol–water partition coefficient (Wildman–Crippen LogP) is 2.41. The number of hydrogen-bond acceptors (Lipinski definition) is 3. The first-order chi connectivity index (χ1) is 11.0. The number of aromatic nitrogens is 2. The Balaban J connectivity index is 2.30. The fourth-order valence-corrected chi connectivity index (χ4v) is 2.51. The van der Waals surface area contributed by atoms with Gasteiger partial charge in [0.2, 0.25) is 0 Å². The van der Waals surface area contributed by atoms with E-state index in [9.17, 15) is 14.7 Å². The molecule has 0 saturated carbocycles. The number of hydrogen-bond donors (Lipinski definition) is 2. The van der Waals surface area contributed by atoms with Gasteiger partial charge in [-0.3, -0.25) is 9.48 Å². The second kappa shape index (κ2) is 7.09. The largest absolute Gasteiger partial charge is 0.479 e. The Morgan fingerprint density at radius 3 is 2.52 bits per heavy atom. The second-order valence-electron chi connectivity index (χ2n) is 5.38. The second-order valence-corrected chi connectivity index (χ2v) is 5.38. The van der Waals surface area contributed by atoms with Crippen LogP contribution in [0.3, 0.4) is 0 Å². The summed E-state index contributed by atoms with van der Waals surface area (Å²) in [5.41, 5.74) is -0.552. The molecule has 0 fully saturated rings. The van der Waals surface area contributed by atoms with Crippen molar-refractivity contribution >= 4 is 11.9 Å². The summed E-state index contributed by atoms with van der Waals surface area (Å²) in [5, 5.41) is 16.5. The van der Waals surface area contributed by atoms with Crippen LogP contribution in [0.15, 0.2) is 42.7 Å². The number of aliphatic carboxylic acids is 1. The van der Waals surface area contributed by atoms with E-state index in [1.165, 1.54) is 6.20 Å². The van der Waals surface area contributed by atoms with Crippen LogP contribution in [0.2, 0.25) is 0 Å². The molecule has 1 heterocycles. The number of nitrogens with zero attached hydrogens (tertiary/aromatic N) is 2. The first-order valence-electron chi connectivity index (χ1n) is 7.67. The van der Waals surface area contributed by atoms with Gasteiger partial charge in [0.15, 0.2) is 5.54 Å². The maximum absolute atomic E-state index is 12.5. The lowest BCUT2D eigenvalue weighted by atomic mass is 9.87. The maximum atomic E-state index is 12.5. The predicted molar refractivity (Wildman–Crippen MR) is 86.0 cm³/mol. The zero-order chi connectivity index (χ0) is 16.9. The highest BCUT2D eigenvalue weighted by atomic mass is 16.4. The van der Waals surface area contributed by atoms with Gasteiger partial charge in [0, 0.05) is 12.7 Å².